The number of carboxylic acid groups (broad SMARTS) is 1. The SMILES string of the molecule is C[C@H]1CNC(=O)[C@H](C(=O)O)C1. The Balaban J connectivity index is 2.61. The summed E-state index contributed by atoms with van der Waals surface area (Å²) in [5.41, 5.74) is 0. The zero-order valence-electron chi connectivity index (χ0n) is 6.33. The Hall–Kier alpha value is -1.06. The van der Waals surface area contributed by atoms with E-state index in [4.69, 9.17) is 5.11 Å². The van der Waals surface area contributed by atoms with Crippen molar-refractivity contribution in [2.24, 2.45) is 11.8 Å². The molecule has 0 aromatic heterocycles. The van der Waals surface area contributed by atoms with Crippen LogP contribution in [0.15, 0.2) is 0 Å². The largest absolute Gasteiger partial charge is 0.481 e. The maximum absolute atomic E-state index is 10.9. The summed E-state index contributed by atoms with van der Waals surface area (Å²) < 4.78 is 0. The maximum Gasteiger partial charge on any atom is 0.316 e. The van der Waals surface area contributed by atoms with Crippen molar-refractivity contribution in [3.8, 4) is 0 Å². The molecule has 1 aliphatic heterocycles. The summed E-state index contributed by atoms with van der Waals surface area (Å²) >= 11 is 0. The van der Waals surface area contributed by atoms with Gasteiger partial charge in [0.2, 0.25) is 5.91 Å². The number of aliphatic carboxylic acids is 1. The summed E-state index contributed by atoms with van der Waals surface area (Å²) in [6.45, 7) is 2.53. The molecule has 0 saturated carbocycles. The normalized spacial score (nSPS) is 31.2. The van der Waals surface area contributed by atoms with E-state index in [-0.39, 0.29) is 11.8 Å². The van der Waals surface area contributed by atoms with E-state index in [9.17, 15) is 9.59 Å². The minimum Gasteiger partial charge on any atom is -0.481 e. The van der Waals surface area contributed by atoms with Gasteiger partial charge in [0.15, 0.2) is 0 Å². The molecule has 1 fully saturated rings. The maximum atomic E-state index is 10.9. The van der Waals surface area contributed by atoms with E-state index in [1.54, 1.807) is 0 Å². The van der Waals surface area contributed by atoms with Crippen molar-refractivity contribution in [2.75, 3.05) is 6.54 Å². The predicted octanol–water partition coefficient (Wildman–Crippen LogP) is -0.157. The lowest BCUT2D eigenvalue weighted by Gasteiger charge is -2.23. The summed E-state index contributed by atoms with van der Waals surface area (Å²) in [6, 6.07) is 0. The highest BCUT2D eigenvalue weighted by Crippen LogP contribution is 2.16. The topological polar surface area (TPSA) is 66.4 Å². The zero-order valence-corrected chi connectivity index (χ0v) is 6.33. The number of carbonyl (C=O) groups is 2. The molecule has 0 aromatic carbocycles. The third-order valence-corrected chi connectivity index (χ3v) is 1.88. The minimum absolute atomic E-state index is 0.272. The first-order valence-corrected chi connectivity index (χ1v) is 3.61. The fourth-order valence-corrected chi connectivity index (χ4v) is 1.20. The molecule has 0 spiro atoms. The van der Waals surface area contributed by atoms with Crippen LogP contribution in [0.1, 0.15) is 13.3 Å². The van der Waals surface area contributed by atoms with E-state index in [0.29, 0.717) is 13.0 Å². The summed E-state index contributed by atoms with van der Waals surface area (Å²) in [6.07, 6.45) is 0.459. The third-order valence-electron chi connectivity index (χ3n) is 1.88. The van der Waals surface area contributed by atoms with Crippen molar-refractivity contribution in [3.05, 3.63) is 0 Å². The standard InChI is InChI=1S/C7H11NO3/c1-4-2-5(7(10)11)6(9)8-3-4/h4-5H,2-3H2,1H3,(H,8,9)(H,10,11)/t4-,5-/m1/s1. The average Bonchev–Trinajstić information content (AvgIpc) is 1.94. The first-order valence-electron chi connectivity index (χ1n) is 3.61. The number of carbonyl (C=O) groups excluding carboxylic acids is 1. The van der Waals surface area contributed by atoms with Crippen LogP contribution in [0, 0.1) is 11.8 Å². The Labute approximate surface area is 64.6 Å². The van der Waals surface area contributed by atoms with Crippen LogP contribution >= 0.6 is 0 Å². The van der Waals surface area contributed by atoms with Gasteiger partial charge in [0.05, 0.1) is 0 Å². The van der Waals surface area contributed by atoms with Gasteiger partial charge < -0.3 is 10.4 Å². The molecule has 0 bridgehead atoms. The molecule has 0 aliphatic carbocycles. The van der Waals surface area contributed by atoms with Gasteiger partial charge >= 0.3 is 5.97 Å². The summed E-state index contributed by atoms with van der Waals surface area (Å²) in [7, 11) is 0. The van der Waals surface area contributed by atoms with E-state index < -0.39 is 11.9 Å². The molecule has 0 unspecified atom stereocenters. The molecule has 1 saturated heterocycles. The number of hydrogen-bond acceptors (Lipinski definition) is 2. The molecular weight excluding hydrogens is 146 g/mol. The van der Waals surface area contributed by atoms with E-state index in [2.05, 4.69) is 5.32 Å². The third kappa shape index (κ3) is 1.69. The van der Waals surface area contributed by atoms with Gasteiger partial charge in [-0.05, 0) is 12.3 Å². The van der Waals surface area contributed by atoms with Crippen molar-refractivity contribution in [2.45, 2.75) is 13.3 Å². The van der Waals surface area contributed by atoms with Gasteiger partial charge in [0.25, 0.3) is 0 Å². The Bertz CT molecular complexity index is 190. The number of amides is 1. The number of nitrogens with one attached hydrogen (secondary N) is 1. The molecule has 62 valence electrons. The second kappa shape index (κ2) is 2.90. The summed E-state index contributed by atoms with van der Waals surface area (Å²) in [5.74, 6) is -1.93. The molecule has 11 heavy (non-hydrogen) atoms. The molecular formula is C7H11NO3. The van der Waals surface area contributed by atoms with Gasteiger partial charge in [0, 0.05) is 6.54 Å². The van der Waals surface area contributed by atoms with Crippen LogP contribution in [-0.4, -0.2) is 23.5 Å². The zero-order chi connectivity index (χ0) is 8.43. The number of piperidine rings is 1. The molecule has 0 radical (unpaired) electrons. The van der Waals surface area contributed by atoms with Crippen LogP contribution in [0.2, 0.25) is 0 Å². The van der Waals surface area contributed by atoms with Gasteiger partial charge in [-0.3, -0.25) is 9.59 Å². The monoisotopic (exact) mass is 157 g/mol. The Morgan fingerprint density at radius 1 is 1.73 bits per heavy atom. The van der Waals surface area contributed by atoms with E-state index in [0.717, 1.165) is 0 Å². The number of carboxylic acids is 1. The van der Waals surface area contributed by atoms with Crippen molar-refractivity contribution >= 4 is 11.9 Å². The molecule has 4 heteroatoms. The molecule has 4 nitrogen and oxygen atoms in total. The van der Waals surface area contributed by atoms with Crippen LogP contribution in [0.25, 0.3) is 0 Å². The van der Waals surface area contributed by atoms with Crippen molar-refractivity contribution in [1.82, 2.24) is 5.32 Å². The molecule has 0 aromatic rings. The van der Waals surface area contributed by atoms with Gasteiger partial charge in [-0.15, -0.1) is 0 Å². The minimum atomic E-state index is -1.02. The van der Waals surface area contributed by atoms with Crippen LogP contribution in [0.3, 0.4) is 0 Å². The van der Waals surface area contributed by atoms with E-state index in [1.807, 2.05) is 6.92 Å². The predicted molar refractivity (Wildman–Crippen MR) is 37.9 cm³/mol. The van der Waals surface area contributed by atoms with Crippen LogP contribution in [-0.2, 0) is 9.59 Å². The van der Waals surface area contributed by atoms with Gasteiger partial charge in [-0.2, -0.15) is 0 Å². The van der Waals surface area contributed by atoms with Crippen LogP contribution in [0.5, 0.6) is 0 Å². The Morgan fingerprint density at radius 3 is 2.82 bits per heavy atom. The molecule has 1 amide bonds. The second-order valence-corrected chi connectivity index (χ2v) is 2.98. The van der Waals surface area contributed by atoms with Crippen LogP contribution < -0.4 is 5.32 Å². The molecule has 1 heterocycles. The fourth-order valence-electron chi connectivity index (χ4n) is 1.20. The van der Waals surface area contributed by atoms with Crippen molar-refractivity contribution in [1.29, 1.82) is 0 Å². The highest BCUT2D eigenvalue weighted by atomic mass is 16.4. The smallest absolute Gasteiger partial charge is 0.316 e. The van der Waals surface area contributed by atoms with Crippen molar-refractivity contribution < 1.29 is 14.7 Å². The van der Waals surface area contributed by atoms with Crippen molar-refractivity contribution in [3.63, 3.8) is 0 Å². The summed E-state index contributed by atoms with van der Waals surface area (Å²) in [5, 5.41) is 11.1. The Kier molecular flexibility index (Phi) is 2.12. The first-order chi connectivity index (χ1) is 5.11. The molecule has 1 rings (SSSR count). The van der Waals surface area contributed by atoms with Gasteiger partial charge in [0.1, 0.15) is 5.92 Å². The molecule has 2 atom stereocenters. The lowest BCUT2D eigenvalue weighted by Crippen LogP contribution is -2.43. The van der Waals surface area contributed by atoms with Gasteiger partial charge in [-0.1, -0.05) is 6.92 Å². The van der Waals surface area contributed by atoms with E-state index >= 15 is 0 Å². The lowest BCUT2D eigenvalue weighted by atomic mass is 9.91. The van der Waals surface area contributed by atoms with Gasteiger partial charge in [-0.25, -0.2) is 0 Å². The summed E-state index contributed by atoms with van der Waals surface area (Å²) in [4.78, 5) is 21.3. The molecule has 1 aliphatic rings. The van der Waals surface area contributed by atoms with Crippen LogP contribution in [0.4, 0.5) is 0 Å². The highest BCUT2D eigenvalue weighted by molar-refractivity contribution is 5.97. The lowest BCUT2D eigenvalue weighted by molar-refractivity contribution is -0.149. The second-order valence-electron chi connectivity index (χ2n) is 2.98. The number of hydrogen-bond donors (Lipinski definition) is 2. The highest BCUT2D eigenvalue weighted by Gasteiger charge is 2.31. The average molecular weight is 157 g/mol. The quantitative estimate of drug-likeness (QED) is 0.520. The fraction of sp³-hybridized carbons (Fsp3) is 0.714. The Morgan fingerprint density at radius 2 is 2.36 bits per heavy atom. The molecule has 2 N–H and O–H groups in total. The number of rotatable bonds is 1. The first kappa shape index (κ1) is 8.04. The van der Waals surface area contributed by atoms with E-state index in [1.165, 1.54) is 0 Å².